The number of amides is 1. The number of hydrogen-bond acceptors (Lipinski definition) is 1. The molecule has 2 nitrogen and oxygen atoms in total. The first-order valence-electron chi connectivity index (χ1n) is 5.97. The summed E-state index contributed by atoms with van der Waals surface area (Å²) in [5.41, 5.74) is -0.0594. The third-order valence-electron chi connectivity index (χ3n) is 3.78. The lowest BCUT2D eigenvalue weighted by Crippen LogP contribution is -2.39. The number of likely N-dealkylation sites (tertiary alicyclic amines) is 1. The van der Waals surface area contributed by atoms with Crippen molar-refractivity contribution in [1.82, 2.24) is 4.90 Å². The molecule has 1 atom stereocenters. The van der Waals surface area contributed by atoms with E-state index in [1.807, 2.05) is 4.90 Å². The van der Waals surface area contributed by atoms with E-state index in [1.54, 1.807) is 0 Å². The van der Waals surface area contributed by atoms with Crippen molar-refractivity contribution >= 4 is 17.5 Å². The largest absolute Gasteiger partial charge is 0.338 e. The van der Waals surface area contributed by atoms with Gasteiger partial charge in [0.25, 0.3) is 0 Å². The highest BCUT2D eigenvalue weighted by Gasteiger charge is 2.47. The maximum atomic E-state index is 12.0. The van der Waals surface area contributed by atoms with Crippen molar-refractivity contribution in [3.63, 3.8) is 0 Å². The summed E-state index contributed by atoms with van der Waals surface area (Å²) in [6, 6.07) is 0.467. The summed E-state index contributed by atoms with van der Waals surface area (Å²) in [4.78, 5) is 14.1. The van der Waals surface area contributed by atoms with Gasteiger partial charge in [-0.05, 0) is 12.8 Å². The van der Waals surface area contributed by atoms with Crippen molar-refractivity contribution in [2.24, 2.45) is 5.41 Å². The van der Waals surface area contributed by atoms with Crippen molar-refractivity contribution in [1.29, 1.82) is 0 Å². The molecule has 2 aliphatic rings. The van der Waals surface area contributed by atoms with Gasteiger partial charge in [0.2, 0.25) is 5.91 Å². The lowest BCUT2D eigenvalue weighted by molar-refractivity contribution is -0.129. The first-order chi connectivity index (χ1) is 7.02. The van der Waals surface area contributed by atoms with Gasteiger partial charge in [0.15, 0.2) is 0 Å². The molecule has 86 valence electrons. The van der Waals surface area contributed by atoms with Gasteiger partial charge in [0.05, 0.1) is 0 Å². The monoisotopic (exact) mass is 229 g/mol. The van der Waals surface area contributed by atoms with E-state index in [0.717, 1.165) is 6.54 Å². The molecule has 0 spiro atoms. The first kappa shape index (κ1) is 11.3. The summed E-state index contributed by atoms with van der Waals surface area (Å²) in [7, 11) is 0. The van der Waals surface area contributed by atoms with Crippen molar-refractivity contribution in [3.8, 4) is 0 Å². The van der Waals surface area contributed by atoms with Gasteiger partial charge in [0, 0.05) is 18.0 Å². The number of halogens is 1. The average Bonchev–Trinajstić information content (AvgIpc) is 2.44. The zero-order valence-electron chi connectivity index (χ0n) is 9.63. The Bertz CT molecular complexity index is 258. The third-order valence-corrected chi connectivity index (χ3v) is 4.56. The van der Waals surface area contributed by atoms with Gasteiger partial charge in [-0.1, -0.05) is 33.1 Å². The minimum atomic E-state index is -0.320. The van der Waals surface area contributed by atoms with Gasteiger partial charge in [-0.3, -0.25) is 4.79 Å². The standard InChI is InChI=1S/C12H20ClNO/c1-12(2)8-14(11(15)10(12)13)9-6-4-3-5-7-9/h9-10H,3-8H2,1-2H3. The van der Waals surface area contributed by atoms with Crippen LogP contribution in [0.5, 0.6) is 0 Å². The Morgan fingerprint density at radius 3 is 2.33 bits per heavy atom. The molecule has 2 fully saturated rings. The van der Waals surface area contributed by atoms with Crippen LogP contribution in [0.3, 0.4) is 0 Å². The molecule has 3 heteroatoms. The fraction of sp³-hybridized carbons (Fsp3) is 0.917. The molecule has 1 saturated carbocycles. The molecule has 1 heterocycles. The number of carbonyl (C=O) groups excluding carboxylic acids is 1. The molecule has 1 aliphatic heterocycles. The maximum absolute atomic E-state index is 12.0. The Hall–Kier alpha value is -0.240. The lowest BCUT2D eigenvalue weighted by atomic mass is 9.91. The minimum Gasteiger partial charge on any atom is -0.338 e. The molecule has 1 amide bonds. The molecule has 0 aromatic heterocycles. The highest BCUT2D eigenvalue weighted by molar-refractivity contribution is 6.32. The van der Waals surface area contributed by atoms with E-state index in [9.17, 15) is 4.79 Å². The zero-order valence-corrected chi connectivity index (χ0v) is 10.4. The van der Waals surface area contributed by atoms with Gasteiger partial charge in [-0.15, -0.1) is 11.6 Å². The summed E-state index contributed by atoms with van der Waals surface area (Å²) in [6.45, 7) is 5.02. The summed E-state index contributed by atoms with van der Waals surface area (Å²) in [5.74, 6) is 0.161. The van der Waals surface area contributed by atoms with Crippen LogP contribution in [0.4, 0.5) is 0 Å². The molecule has 0 radical (unpaired) electrons. The van der Waals surface area contributed by atoms with Crippen LogP contribution in [0, 0.1) is 5.41 Å². The second-order valence-electron chi connectivity index (χ2n) is 5.61. The Kier molecular flexibility index (Phi) is 2.98. The second-order valence-corrected chi connectivity index (χ2v) is 6.05. The fourth-order valence-electron chi connectivity index (χ4n) is 2.78. The normalized spacial score (nSPS) is 32.3. The van der Waals surface area contributed by atoms with E-state index >= 15 is 0 Å². The number of hydrogen-bond donors (Lipinski definition) is 0. The van der Waals surface area contributed by atoms with Crippen LogP contribution in [0.25, 0.3) is 0 Å². The Balaban J connectivity index is 2.07. The molecule has 1 saturated heterocycles. The van der Waals surface area contributed by atoms with Gasteiger partial charge in [-0.25, -0.2) is 0 Å². The topological polar surface area (TPSA) is 20.3 Å². The van der Waals surface area contributed by atoms with Crippen LogP contribution >= 0.6 is 11.6 Å². The number of nitrogens with zero attached hydrogens (tertiary/aromatic N) is 1. The van der Waals surface area contributed by atoms with Crippen LogP contribution in [-0.4, -0.2) is 28.8 Å². The Morgan fingerprint density at radius 2 is 1.87 bits per heavy atom. The van der Waals surface area contributed by atoms with Crippen molar-refractivity contribution in [2.75, 3.05) is 6.54 Å². The minimum absolute atomic E-state index is 0.0594. The van der Waals surface area contributed by atoms with Crippen LogP contribution < -0.4 is 0 Å². The molecule has 1 unspecified atom stereocenters. The van der Waals surface area contributed by atoms with Crippen LogP contribution in [-0.2, 0) is 4.79 Å². The second kappa shape index (κ2) is 3.97. The summed E-state index contributed by atoms with van der Waals surface area (Å²) in [5, 5.41) is -0.320. The first-order valence-corrected chi connectivity index (χ1v) is 6.40. The molecule has 0 bridgehead atoms. The molecule has 15 heavy (non-hydrogen) atoms. The molecule has 0 aromatic carbocycles. The van der Waals surface area contributed by atoms with Crippen LogP contribution in [0.15, 0.2) is 0 Å². The van der Waals surface area contributed by atoms with Crippen molar-refractivity contribution in [2.45, 2.75) is 57.4 Å². The van der Waals surface area contributed by atoms with Crippen LogP contribution in [0.1, 0.15) is 46.0 Å². The Labute approximate surface area is 97.0 Å². The zero-order chi connectivity index (χ0) is 11.1. The predicted octanol–water partition coefficient (Wildman–Crippen LogP) is 2.79. The van der Waals surface area contributed by atoms with E-state index < -0.39 is 0 Å². The van der Waals surface area contributed by atoms with E-state index in [-0.39, 0.29) is 16.7 Å². The Morgan fingerprint density at radius 1 is 1.27 bits per heavy atom. The molecule has 0 aromatic rings. The fourth-order valence-corrected chi connectivity index (χ4v) is 2.97. The van der Waals surface area contributed by atoms with Gasteiger partial charge >= 0.3 is 0 Å². The molecule has 1 aliphatic carbocycles. The van der Waals surface area contributed by atoms with E-state index in [0.29, 0.717) is 6.04 Å². The molecule has 2 rings (SSSR count). The maximum Gasteiger partial charge on any atom is 0.241 e. The molecule has 0 N–H and O–H groups in total. The highest BCUT2D eigenvalue weighted by atomic mass is 35.5. The molecular formula is C12H20ClNO. The van der Waals surface area contributed by atoms with Gasteiger partial charge in [0.1, 0.15) is 5.38 Å². The average molecular weight is 230 g/mol. The third kappa shape index (κ3) is 2.01. The smallest absolute Gasteiger partial charge is 0.241 e. The summed E-state index contributed by atoms with van der Waals surface area (Å²) in [6.07, 6.45) is 6.20. The quantitative estimate of drug-likeness (QED) is 0.634. The lowest BCUT2D eigenvalue weighted by Gasteiger charge is -2.31. The van der Waals surface area contributed by atoms with Crippen LogP contribution in [0.2, 0.25) is 0 Å². The highest BCUT2D eigenvalue weighted by Crippen LogP contribution is 2.38. The van der Waals surface area contributed by atoms with Gasteiger partial charge < -0.3 is 4.90 Å². The molecular weight excluding hydrogens is 210 g/mol. The summed E-state index contributed by atoms with van der Waals surface area (Å²) >= 11 is 6.18. The SMILES string of the molecule is CC1(C)CN(C2CCCCC2)C(=O)C1Cl. The van der Waals surface area contributed by atoms with E-state index in [1.165, 1.54) is 32.1 Å². The number of alkyl halides is 1. The van der Waals surface area contributed by atoms with Crippen molar-refractivity contribution in [3.05, 3.63) is 0 Å². The van der Waals surface area contributed by atoms with E-state index in [4.69, 9.17) is 11.6 Å². The predicted molar refractivity (Wildman–Crippen MR) is 62.0 cm³/mol. The summed E-state index contributed by atoms with van der Waals surface area (Å²) < 4.78 is 0. The van der Waals surface area contributed by atoms with E-state index in [2.05, 4.69) is 13.8 Å². The van der Waals surface area contributed by atoms with Crippen molar-refractivity contribution < 1.29 is 4.79 Å². The van der Waals surface area contributed by atoms with Gasteiger partial charge in [-0.2, -0.15) is 0 Å². The number of carbonyl (C=O) groups is 1. The number of rotatable bonds is 1.